The maximum absolute atomic E-state index is 5.63. The first kappa shape index (κ1) is 17.6. The van der Waals surface area contributed by atoms with Crippen molar-refractivity contribution in [2.24, 2.45) is 0 Å². The van der Waals surface area contributed by atoms with E-state index in [0.29, 0.717) is 5.92 Å². The molecule has 23 heavy (non-hydrogen) atoms. The Hall–Kier alpha value is -1.80. The highest BCUT2D eigenvalue weighted by Gasteiger charge is 2.19. The first-order chi connectivity index (χ1) is 10.9. The summed E-state index contributed by atoms with van der Waals surface area (Å²) in [5.41, 5.74) is 4.02. The normalized spacial score (nSPS) is 12.9. The third-order valence-corrected chi connectivity index (χ3v) is 4.05. The molecule has 0 saturated carbocycles. The van der Waals surface area contributed by atoms with Crippen LogP contribution in [0.2, 0.25) is 0 Å². The molecule has 1 N–H and O–H groups in total. The van der Waals surface area contributed by atoms with E-state index in [1.807, 2.05) is 0 Å². The molecular formula is C21H29NO. The predicted molar refractivity (Wildman–Crippen MR) is 98.4 cm³/mol. The van der Waals surface area contributed by atoms with Gasteiger partial charge >= 0.3 is 0 Å². The zero-order valence-electron chi connectivity index (χ0n) is 15.0. The smallest absolute Gasteiger partial charge is 0.122 e. The largest absolute Gasteiger partial charge is 0.496 e. The van der Waals surface area contributed by atoms with Crippen molar-refractivity contribution in [3.63, 3.8) is 0 Å². The molecule has 0 heterocycles. The van der Waals surface area contributed by atoms with Gasteiger partial charge in [-0.15, -0.1) is 0 Å². The summed E-state index contributed by atoms with van der Waals surface area (Å²) in [5.74, 6) is 1.31. The fourth-order valence-electron chi connectivity index (χ4n) is 2.90. The Labute approximate surface area is 140 Å². The molecule has 0 spiro atoms. The number of hydrogen-bond donors (Lipinski definition) is 1. The van der Waals surface area contributed by atoms with Gasteiger partial charge in [0.2, 0.25) is 0 Å². The van der Waals surface area contributed by atoms with Crippen LogP contribution in [0.3, 0.4) is 0 Å². The molecule has 0 aliphatic carbocycles. The second kappa shape index (κ2) is 7.65. The highest BCUT2D eigenvalue weighted by atomic mass is 16.5. The van der Waals surface area contributed by atoms with Gasteiger partial charge in [-0.05, 0) is 52.3 Å². The molecule has 0 bridgehead atoms. The first-order valence-electron chi connectivity index (χ1n) is 8.35. The van der Waals surface area contributed by atoms with Gasteiger partial charge in [0.15, 0.2) is 0 Å². The van der Waals surface area contributed by atoms with Gasteiger partial charge in [0.1, 0.15) is 5.75 Å². The Morgan fingerprint density at radius 3 is 2.35 bits per heavy atom. The minimum absolute atomic E-state index is 0.137. The Bertz CT molecular complexity index is 613. The summed E-state index contributed by atoms with van der Waals surface area (Å²) < 4.78 is 5.63. The Kier molecular flexibility index (Phi) is 5.84. The van der Waals surface area contributed by atoms with Crippen molar-refractivity contribution < 1.29 is 4.74 Å². The minimum atomic E-state index is 0.137. The molecule has 0 saturated heterocycles. The summed E-state index contributed by atoms with van der Waals surface area (Å²) in [4.78, 5) is 0. The molecule has 2 aromatic rings. The van der Waals surface area contributed by atoms with Crippen LogP contribution in [0.4, 0.5) is 0 Å². The standard InChI is InChI=1S/C21H29NO/c1-16-11-12-20(23-5)19(15-16)18(13-14-22-21(2,3)4)17-9-7-6-8-10-17/h6-12,15,18,22H,13-14H2,1-5H3. The van der Waals surface area contributed by atoms with Gasteiger partial charge in [-0.1, -0.05) is 48.0 Å². The molecule has 0 aliphatic heterocycles. The van der Waals surface area contributed by atoms with E-state index in [2.05, 4.69) is 81.5 Å². The lowest BCUT2D eigenvalue weighted by molar-refractivity contribution is 0.398. The van der Waals surface area contributed by atoms with E-state index < -0.39 is 0 Å². The quantitative estimate of drug-likeness (QED) is 0.818. The van der Waals surface area contributed by atoms with Crippen molar-refractivity contribution in [1.29, 1.82) is 0 Å². The first-order valence-corrected chi connectivity index (χ1v) is 8.35. The zero-order chi connectivity index (χ0) is 16.9. The van der Waals surface area contributed by atoms with Gasteiger partial charge in [0.05, 0.1) is 7.11 Å². The van der Waals surface area contributed by atoms with E-state index in [0.717, 1.165) is 18.7 Å². The van der Waals surface area contributed by atoms with Gasteiger partial charge in [0, 0.05) is 17.0 Å². The van der Waals surface area contributed by atoms with Crippen LogP contribution in [0, 0.1) is 6.92 Å². The summed E-state index contributed by atoms with van der Waals surface area (Å²) in [7, 11) is 1.75. The molecule has 2 heteroatoms. The van der Waals surface area contributed by atoms with Crippen LogP contribution < -0.4 is 10.1 Å². The third kappa shape index (κ3) is 5.11. The third-order valence-electron chi connectivity index (χ3n) is 4.05. The Morgan fingerprint density at radius 1 is 1.04 bits per heavy atom. The van der Waals surface area contributed by atoms with Crippen molar-refractivity contribution in [3.05, 3.63) is 65.2 Å². The van der Waals surface area contributed by atoms with Crippen LogP contribution in [0.15, 0.2) is 48.5 Å². The maximum Gasteiger partial charge on any atom is 0.122 e. The molecule has 124 valence electrons. The van der Waals surface area contributed by atoms with E-state index >= 15 is 0 Å². The van der Waals surface area contributed by atoms with Gasteiger partial charge in [-0.25, -0.2) is 0 Å². The van der Waals surface area contributed by atoms with Gasteiger partial charge < -0.3 is 10.1 Å². The monoisotopic (exact) mass is 311 g/mol. The molecule has 0 aromatic heterocycles. The molecule has 0 fully saturated rings. The zero-order valence-corrected chi connectivity index (χ0v) is 15.0. The van der Waals surface area contributed by atoms with E-state index in [-0.39, 0.29) is 5.54 Å². The lowest BCUT2D eigenvalue weighted by Crippen LogP contribution is -2.37. The molecule has 2 nitrogen and oxygen atoms in total. The van der Waals surface area contributed by atoms with Crippen LogP contribution in [-0.2, 0) is 0 Å². The van der Waals surface area contributed by atoms with Crippen LogP contribution in [0.25, 0.3) is 0 Å². The number of nitrogens with one attached hydrogen (secondary N) is 1. The van der Waals surface area contributed by atoms with E-state index in [9.17, 15) is 0 Å². The Balaban J connectivity index is 2.32. The van der Waals surface area contributed by atoms with Crippen molar-refractivity contribution >= 4 is 0 Å². The number of hydrogen-bond acceptors (Lipinski definition) is 2. The molecular weight excluding hydrogens is 282 g/mol. The van der Waals surface area contributed by atoms with Crippen LogP contribution in [0.1, 0.15) is 49.8 Å². The minimum Gasteiger partial charge on any atom is -0.496 e. The number of aryl methyl sites for hydroxylation is 1. The molecule has 0 radical (unpaired) electrons. The topological polar surface area (TPSA) is 21.3 Å². The summed E-state index contributed by atoms with van der Waals surface area (Å²) in [6.45, 7) is 9.73. The summed E-state index contributed by atoms with van der Waals surface area (Å²) in [6, 6.07) is 17.2. The Morgan fingerprint density at radius 2 is 1.74 bits per heavy atom. The molecule has 0 aliphatic rings. The lowest BCUT2D eigenvalue weighted by atomic mass is 9.87. The number of ether oxygens (including phenoxy) is 1. The second-order valence-electron chi connectivity index (χ2n) is 7.17. The van der Waals surface area contributed by atoms with Gasteiger partial charge in [-0.3, -0.25) is 0 Å². The highest BCUT2D eigenvalue weighted by Crippen LogP contribution is 2.34. The van der Waals surface area contributed by atoms with E-state index in [1.54, 1.807) is 7.11 Å². The lowest BCUT2D eigenvalue weighted by Gasteiger charge is -2.25. The molecule has 2 aromatic carbocycles. The SMILES string of the molecule is COc1ccc(C)cc1C(CCNC(C)(C)C)c1ccccc1. The van der Waals surface area contributed by atoms with Crippen molar-refractivity contribution in [2.45, 2.75) is 45.6 Å². The van der Waals surface area contributed by atoms with Gasteiger partial charge in [-0.2, -0.15) is 0 Å². The van der Waals surface area contributed by atoms with Crippen molar-refractivity contribution in [1.82, 2.24) is 5.32 Å². The summed E-state index contributed by atoms with van der Waals surface area (Å²) in [6.07, 6.45) is 1.04. The number of rotatable bonds is 6. The molecule has 2 rings (SSSR count). The van der Waals surface area contributed by atoms with Crippen LogP contribution in [-0.4, -0.2) is 19.2 Å². The highest BCUT2D eigenvalue weighted by molar-refractivity contribution is 5.44. The number of methoxy groups -OCH3 is 1. The van der Waals surface area contributed by atoms with E-state index in [4.69, 9.17) is 4.74 Å². The summed E-state index contributed by atoms with van der Waals surface area (Å²) in [5, 5.41) is 3.60. The average Bonchev–Trinajstić information content (AvgIpc) is 2.51. The van der Waals surface area contributed by atoms with E-state index in [1.165, 1.54) is 16.7 Å². The van der Waals surface area contributed by atoms with Gasteiger partial charge in [0.25, 0.3) is 0 Å². The fourth-order valence-corrected chi connectivity index (χ4v) is 2.90. The van der Waals surface area contributed by atoms with Crippen LogP contribution in [0.5, 0.6) is 5.75 Å². The maximum atomic E-state index is 5.63. The fraction of sp³-hybridized carbons (Fsp3) is 0.429. The average molecular weight is 311 g/mol. The summed E-state index contributed by atoms with van der Waals surface area (Å²) >= 11 is 0. The molecule has 1 unspecified atom stereocenters. The van der Waals surface area contributed by atoms with Crippen LogP contribution >= 0.6 is 0 Å². The predicted octanol–water partition coefficient (Wildman–Crippen LogP) is 4.91. The van der Waals surface area contributed by atoms with Crippen molar-refractivity contribution in [2.75, 3.05) is 13.7 Å². The number of benzene rings is 2. The van der Waals surface area contributed by atoms with Crippen molar-refractivity contribution in [3.8, 4) is 5.75 Å². The molecule has 1 atom stereocenters. The second-order valence-corrected chi connectivity index (χ2v) is 7.17. The molecule has 0 amide bonds.